The van der Waals surface area contributed by atoms with Crippen molar-refractivity contribution < 1.29 is 0 Å². The van der Waals surface area contributed by atoms with Crippen molar-refractivity contribution in [3.05, 3.63) is 22.9 Å². The summed E-state index contributed by atoms with van der Waals surface area (Å²) in [6.07, 6.45) is 5.64. The third-order valence-electron chi connectivity index (χ3n) is 0.954. The second-order valence-corrected chi connectivity index (χ2v) is 3.21. The first kappa shape index (κ1) is 10.5. The molecule has 0 radical (unpaired) electrons. The van der Waals surface area contributed by atoms with Crippen LogP contribution in [0.25, 0.3) is 0 Å². The Morgan fingerprint density at radius 1 is 1.60 bits per heavy atom. The average molecular weight is 285 g/mol. The molecule has 1 aromatic rings. The fourth-order valence-corrected chi connectivity index (χ4v) is 1.65. The minimum Gasteiger partial charge on any atom is -0.263 e. The number of thioether (sulfide) groups is 1. The van der Waals surface area contributed by atoms with Crippen molar-refractivity contribution in [1.29, 1.82) is 0 Å². The Hall–Kier alpha value is 0.460. The molecule has 0 N–H and O–H groups in total. The van der Waals surface area contributed by atoms with E-state index in [9.17, 15) is 0 Å². The molecule has 0 unspecified atom stereocenters. The molecular weight excluding hydrogens is 278 g/mol. The first-order chi connectivity index (χ1) is 4.34. The third-order valence-corrected chi connectivity index (χ3v) is 2.67. The number of hydrogen-bond acceptors (Lipinski definition) is 2. The molecule has 56 valence electrons. The predicted octanol–water partition coefficient (Wildman–Crippen LogP) is 3.14. The van der Waals surface area contributed by atoms with Crippen molar-refractivity contribution in [2.24, 2.45) is 0 Å². The summed E-state index contributed by atoms with van der Waals surface area (Å²) in [6, 6.07) is 1.94. The summed E-state index contributed by atoms with van der Waals surface area (Å²) in [5.74, 6) is 0. The van der Waals surface area contributed by atoms with Gasteiger partial charge in [0.05, 0.1) is 0 Å². The zero-order valence-corrected chi connectivity index (χ0v) is 9.49. The minimum atomic E-state index is 0. The molecule has 1 heterocycles. The second kappa shape index (κ2) is 5.16. The SMILES string of the molecule is Br.CSc1cnccc1Br. The van der Waals surface area contributed by atoms with Gasteiger partial charge in [-0.1, -0.05) is 0 Å². The van der Waals surface area contributed by atoms with Crippen LogP contribution in [0.4, 0.5) is 0 Å². The number of rotatable bonds is 1. The Bertz CT molecular complexity index is 205. The van der Waals surface area contributed by atoms with Gasteiger partial charge in [0.15, 0.2) is 0 Å². The van der Waals surface area contributed by atoms with Crippen molar-refractivity contribution in [3.8, 4) is 0 Å². The van der Waals surface area contributed by atoms with Gasteiger partial charge in [-0.25, -0.2) is 0 Å². The normalized spacial score (nSPS) is 8.60. The molecule has 0 spiro atoms. The number of nitrogens with zero attached hydrogens (tertiary/aromatic N) is 1. The maximum absolute atomic E-state index is 3.97. The maximum atomic E-state index is 3.97. The summed E-state index contributed by atoms with van der Waals surface area (Å²) in [7, 11) is 0. The van der Waals surface area contributed by atoms with Crippen molar-refractivity contribution in [1.82, 2.24) is 4.98 Å². The van der Waals surface area contributed by atoms with Gasteiger partial charge < -0.3 is 0 Å². The maximum Gasteiger partial charge on any atom is 0.0415 e. The standard InChI is InChI=1S/C6H6BrNS.BrH/c1-9-6-4-8-3-2-5(6)7;/h2-4H,1H3;1H. The monoisotopic (exact) mass is 283 g/mol. The average Bonchev–Trinajstić information content (AvgIpc) is 1.89. The first-order valence-electron chi connectivity index (χ1n) is 2.48. The number of hydrogen-bond donors (Lipinski definition) is 0. The van der Waals surface area contributed by atoms with E-state index in [1.165, 1.54) is 4.90 Å². The lowest BCUT2D eigenvalue weighted by Crippen LogP contribution is -1.74. The van der Waals surface area contributed by atoms with E-state index >= 15 is 0 Å². The van der Waals surface area contributed by atoms with Crippen LogP contribution in [-0.4, -0.2) is 11.2 Å². The quantitative estimate of drug-likeness (QED) is 0.735. The smallest absolute Gasteiger partial charge is 0.0415 e. The third kappa shape index (κ3) is 2.60. The van der Waals surface area contributed by atoms with E-state index in [0.29, 0.717) is 0 Å². The summed E-state index contributed by atoms with van der Waals surface area (Å²) in [4.78, 5) is 5.14. The van der Waals surface area contributed by atoms with Crippen molar-refractivity contribution in [2.45, 2.75) is 4.90 Å². The van der Waals surface area contributed by atoms with Crippen LogP contribution in [0.5, 0.6) is 0 Å². The summed E-state index contributed by atoms with van der Waals surface area (Å²) in [5, 5.41) is 0. The Kier molecular flexibility index (Phi) is 5.39. The van der Waals surface area contributed by atoms with Crippen LogP contribution in [0, 0.1) is 0 Å². The predicted molar refractivity (Wildman–Crippen MR) is 54.0 cm³/mol. The van der Waals surface area contributed by atoms with Gasteiger partial charge in [-0.05, 0) is 28.3 Å². The molecule has 10 heavy (non-hydrogen) atoms. The highest BCUT2D eigenvalue weighted by molar-refractivity contribution is 9.10. The Labute approximate surface area is 83.5 Å². The lowest BCUT2D eigenvalue weighted by molar-refractivity contribution is 1.22. The van der Waals surface area contributed by atoms with Crippen molar-refractivity contribution in [3.63, 3.8) is 0 Å². The molecular formula is C6H7Br2NS. The van der Waals surface area contributed by atoms with Gasteiger partial charge >= 0.3 is 0 Å². The van der Waals surface area contributed by atoms with E-state index in [1.807, 2.05) is 18.5 Å². The lowest BCUT2D eigenvalue weighted by atomic mass is 10.5. The minimum absolute atomic E-state index is 0. The second-order valence-electron chi connectivity index (χ2n) is 1.51. The van der Waals surface area contributed by atoms with Crippen LogP contribution in [0.15, 0.2) is 27.8 Å². The lowest BCUT2D eigenvalue weighted by Gasteiger charge is -1.95. The molecule has 0 fully saturated rings. The molecule has 1 rings (SSSR count). The van der Waals surface area contributed by atoms with Gasteiger partial charge in [-0.15, -0.1) is 28.7 Å². The molecule has 0 saturated carbocycles. The van der Waals surface area contributed by atoms with Crippen LogP contribution in [0.3, 0.4) is 0 Å². The molecule has 0 aliphatic carbocycles. The fraction of sp³-hybridized carbons (Fsp3) is 0.167. The molecule has 0 bridgehead atoms. The van der Waals surface area contributed by atoms with Gasteiger partial charge in [0.1, 0.15) is 0 Å². The number of aromatic nitrogens is 1. The molecule has 0 aliphatic rings. The van der Waals surface area contributed by atoms with E-state index in [1.54, 1.807) is 18.0 Å². The number of pyridine rings is 1. The molecule has 0 aromatic carbocycles. The molecule has 0 amide bonds. The van der Waals surface area contributed by atoms with Gasteiger partial charge in [-0.3, -0.25) is 4.98 Å². The molecule has 4 heteroatoms. The zero-order chi connectivity index (χ0) is 6.69. The van der Waals surface area contributed by atoms with E-state index < -0.39 is 0 Å². The van der Waals surface area contributed by atoms with Gasteiger partial charge in [0.25, 0.3) is 0 Å². The molecule has 1 nitrogen and oxygen atoms in total. The Morgan fingerprint density at radius 3 is 2.70 bits per heavy atom. The molecule has 0 aliphatic heterocycles. The largest absolute Gasteiger partial charge is 0.263 e. The first-order valence-corrected chi connectivity index (χ1v) is 4.50. The Morgan fingerprint density at radius 2 is 2.30 bits per heavy atom. The van der Waals surface area contributed by atoms with E-state index in [2.05, 4.69) is 20.9 Å². The highest BCUT2D eigenvalue weighted by Gasteiger charge is 1.93. The van der Waals surface area contributed by atoms with Crippen LogP contribution < -0.4 is 0 Å². The van der Waals surface area contributed by atoms with Gasteiger partial charge in [-0.2, -0.15) is 0 Å². The summed E-state index contributed by atoms with van der Waals surface area (Å²) in [5.41, 5.74) is 0. The van der Waals surface area contributed by atoms with E-state index in [0.717, 1.165) is 4.47 Å². The highest BCUT2D eigenvalue weighted by Crippen LogP contribution is 2.23. The van der Waals surface area contributed by atoms with Crippen LogP contribution in [-0.2, 0) is 0 Å². The van der Waals surface area contributed by atoms with Crippen LogP contribution >= 0.6 is 44.7 Å². The zero-order valence-electron chi connectivity index (χ0n) is 5.37. The van der Waals surface area contributed by atoms with Crippen LogP contribution in [0.1, 0.15) is 0 Å². The fourth-order valence-electron chi connectivity index (χ4n) is 0.513. The Balaban J connectivity index is 0.000000810. The summed E-state index contributed by atoms with van der Waals surface area (Å²) in [6.45, 7) is 0. The summed E-state index contributed by atoms with van der Waals surface area (Å²) >= 11 is 5.08. The van der Waals surface area contributed by atoms with Crippen LogP contribution in [0.2, 0.25) is 0 Å². The molecule has 0 saturated heterocycles. The topological polar surface area (TPSA) is 12.9 Å². The van der Waals surface area contributed by atoms with E-state index in [4.69, 9.17) is 0 Å². The van der Waals surface area contributed by atoms with Gasteiger partial charge in [0.2, 0.25) is 0 Å². The van der Waals surface area contributed by atoms with Crippen molar-refractivity contribution >= 4 is 44.7 Å². The summed E-state index contributed by atoms with van der Waals surface area (Å²) < 4.78 is 1.12. The number of halogens is 2. The molecule has 0 atom stereocenters. The highest BCUT2D eigenvalue weighted by atomic mass is 79.9. The van der Waals surface area contributed by atoms with E-state index in [-0.39, 0.29) is 17.0 Å². The van der Waals surface area contributed by atoms with Crippen molar-refractivity contribution in [2.75, 3.05) is 6.26 Å². The van der Waals surface area contributed by atoms with Gasteiger partial charge in [0, 0.05) is 21.8 Å². The molecule has 1 aromatic heterocycles.